The first-order valence-electron chi connectivity index (χ1n) is 7.29. The van der Waals surface area contributed by atoms with Gasteiger partial charge in [-0.2, -0.15) is 0 Å². The second kappa shape index (κ2) is 5.45. The summed E-state index contributed by atoms with van der Waals surface area (Å²) in [5.74, 6) is 0.650. The van der Waals surface area contributed by atoms with E-state index < -0.39 is 12.2 Å². The van der Waals surface area contributed by atoms with Crippen LogP contribution in [-0.4, -0.2) is 22.3 Å². The molecule has 1 aliphatic carbocycles. The Balaban J connectivity index is 1.84. The van der Waals surface area contributed by atoms with Crippen molar-refractivity contribution in [3.8, 4) is 16.3 Å². The monoisotopic (exact) mass is 325 g/mol. The van der Waals surface area contributed by atoms with Crippen molar-refractivity contribution in [1.82, 2.24) is 4.98 Å². The molecule has 4 rings (SSSR count). The van der Waals surface area contributed by atoms with E-state index in [1.165, 1.54) is 11.3 Å². The van der Waals surface area contributed by atoms with Crippen molar-refractivity contribution in [2.45, 2.75) is 12.2 Å². The van der Waals surface area contributed by atoms with E-state index in [2.05, 4.69) is 4.98 Å². The maximum atomic E-state index is 10.7. The van der Waals surface area contributed by atoms with E-state index in [0.717, 1.165) is 10.6 Å². The highest BCUT2D eigenvalue weighted by Gasteiger charge is 2.34. The van der Waals surface area contributed by atoms with Crippen molar-refractivity contribution in [2.24, 2.45) is 0 Å². The van der Waals surface area contributed by atoms with Gasteiger partial charge in [-0.05, 0) is 23.3 Å². The van der Waals surface area contributed by atoms with E-state index in [-0.39, 0.29) is 0 Å². The molecule has 2 atom stereocenters. The van der Waals surface area contributed by atoms with Gasteiger partial charge in [0, 0.05) is 5.56 Å². The standard InChI is InChI=1S/C18H15NO3S/c1-22-11-7-8-12-13(9-11)15(20)14-17(16(12)21)23-18(19-14)10-5-3-2-4-6-10/h2-9,15-16,20-21H,1H3. The predicted octanol–water partition coefficient (Wildman–Crippen LogP) is 3.30. The van der Waals surface area contributed by atoms with Crippen LogP contribution in [0.4, 0.5) is 0 Å². The van der Waals surface area contributed by atoms with Crippen molar-refractivity contribution in [3.63, 3.8) is 0 Å². The lowest BCUT2D eigenvalue weighted by Gasteiger charge is -2.25. The van der Waals surface area contributed by atoms with Crippen LogP contribution in [0, 0.1) is 0 Å². The van der Waals surface area contributed by atoms with Crippen LogP contribution in [0.25, 0.3) is 10.6 Å². The Morgan fingerprint density at radius 3 is 2.52 bits per heavy atom. The summed E-state index contributed by atoms with van der Waals surface area (Å²) in [7, 11) is 1.58. The molecule has 0 spiro atoms. The third-order valence-electron chi connectivity index (χ3n) is 4.09. The van der Waals surface area contributed by atoms with Crippen molar-refractivity contribution >= 4 is 11.3 Å². The number of aliphatic hydroxyl groups excluding tert-OH is 2. The van der Waals surface area contributed by atoms with E-state index in [4.69, 9.17) is 4.74 Å². The SMILES string of the molecule is COc1ccc2c(c1)C(O)c1nc(-c3ccccc3)sc1C2O. The number of benzene rings is 2. The Morgan fingerprint density at radius 2 is 1.78 bits per heavy atom. The van der Waals surface area contributed by atoms with E-state index in [9.17, 15) is 10.2 Å². The number of hydrogen-bond acceptors (Lipinski definition) is 5. The van der Waals surface area contributed by atoms with Crippen LogP contribution in [0.1, 0.15) is 33.9 Å². The number of rotatable bonds is 2. The van der Waals surface area contributed by atoms with Gasteiger partial charge in [-0.25, -0.2) is 4.98 Å². The quantitative estimate of drug-likeness (QED) is 0.759. The lowest BCUT2D eigenvalue weighted by molar-refractivity contribution is 0.173. The van der Waals surface area contributed by atoms with Gasteiger partial charge in [0.1, 0.15) is 23.0 Å². The maximum absolute atomic E-state index is 10.7. The number of fused-ring (bicyclic) bond motifs is 2. The molecular formula is C18H15NO3S. The summed E-state index contributed by atoms with van der Waals surface area (Å²) in [6.07, 6.45) is -1.63. The number of thiazole rings is 1. The zero-order valence-corrected chi connectivity index (χ0v) is 13.2. The van der Waals surface area contributed by atoms with Gasteiger partial charge in [0.05, 0.1) is 17.7 Å². The maximum Gasteiger partial charge on any atom is 0.124 e. The molecule has 0 fully saturated rings. The largest absolute Gasteiger partial charge is 0.497 e. The van der Waals surface area contributed by atoms with E-state index >= 15 is 0 Å². The van der Waals surface area contributed by atoms with Gasteiger partial charge in [-0.3, -0.25) is 0 Å². The number of ether oxygens (including phenoxy) is 1. The summed E-state index contributed by atoms with van der Waals surface area (Å²) in [5, 5.41) is 22.2. The van der Waals surface area contributed by atoms with Crippen LogP contribution >= 0.6 is 11.3 Å². The van der Waals surface area contributed by atoms with Gasteiger partial charge < -0.3 is 14.9 Å². The molecule has 5 heteroatoms. The summed E-state index contributed by atoms with van der Waals surface area (Å²) in [4.78, 5) is 5.28. The number of aromatic nitrogens is 1. The van der Waals surface area contributed by atoms with Crippen molar-refractivity contribution in [1.29, 1.82) is 0 Å². The molecule has 1 aliphatic rings. The van der Waals surface area contributed by atoms with Crippen LogP contribution in [0.3, 0.4) is 0 Å². The predicted molar refractivity (Wildman–Crippen MR) is 88.7 cm³/mol. The summed E-state index contributed by atoms with van der Waals surface area (Å²) in [6, 6.07) is 15.1. The van der Waals surface area contributed by atoms with Crippen molar-refractivity contribution in [2.75, 3.05) is 7.11 Å². The zero-order valence-electron chi connectivity index (χ0n) is 12.4. The minimum absolute atomic E-state index is 0.530. The van der Waals surface area contributed by atoms with Gasteiger partial charge in [0.2, 0.25) is 0 Å². The van der Waals surface area contributed by atoms with Gasteiger partial charge in [-0.15, -0.1) is 11.3 Å². The molecule has 0 radical (unpaired) electrons. The third-order valence-corrected chi connectivity index (χ3v) is 5.26. The number of methoxy groups -OCH3 is 1. The normalized spacial score (nSPS) is 19.1. The topological polar surface area (TPSA) is 62.6 Å². The highest BCUT2D eigenvalue weighted by molar-refractivity contribution is 7.15. The second-order valence-corrected chi connectivity index (χ2v) is 6.47. The summed E-state index contributed by atoms with van der Waals surface area (Å²) in [6.45, 7) is 0. The molecule has 2 aromatic carbocycles. The molecule has 1 heterocycles. The highest BCUT2D eigenvalue weighted by Crippen LogP contribution is 2.45. The van der Waals surface area contributed by atoms with Crippen LogP contribution in [0.15, 0.2) is 48.5 Å². The second-order valence-electron chi connectivity index (χ2n) is 5.43. The van der Waals surface area contributed by atoms with Crippen LogP contribution in [0.2, 0.25) is 0 Å². The van der Waals surface area contributed by atoms with Crippen LogP contribution < -0.4 is 4.74 Å². The molecule has 23 heavy (non-hydrogen) atoms. The van der Waals surface area contributed by atoms with Gasteiger partial charge in [0.15, 0.2) is 0 Å². The van der Waals surface area contributed by atoms with E-state index in [1.54, 1.807) is 25.3 Å². The summed E-state index contributed by atoms with van der Waals surface area (Å²) >= 11 is 1.42. The summed E-state index contributed by atoms with van der Waals surface area (Å²) < 4.78 is 5.22. The number of aliphatic hydroxyl groups is 2. The minimum Gasteiger partial charge on any atom is -0.497 e. The van der Waals surface area contributed by atoms with Crippen molar-refractivity contribution < 1.29 is 14.9 Å². The highest BCUT2D eigenvalue weighted by atomic mass is 32.1. The zero-order chi connectivity index (χ0) is 16.0. The molecule has 0 amide bonds. The molecule has 1 aromatic heterocycles. The smallest absolute Gasteiger partial charge is 0.124 e. The van der Waals surface area contributed by atoms with Crippen LogP contribution in [0.5, 0.6) is 5.75 Å². The fourth-order valence-corrected chi connectivity index (χ4v) is 4.00. The van der Waals surface area contributed by atoms with Crippen molar-refractivity contribution in [3.05, 3.63) is 70.2 Å². The molecule has 0 bridgehead atoms. The van der Waals surface area contributed by atoms with Gasteiger partial charge >= 0.3 is 0 Å². The van der Waals surface area contributed by atoms with E-state index in [0.29, 0.717) is 27.4 Å². The number of nitrogens with zero attached hydrogens (tertiary/aromatic N) is 1. The van der Waals surface area contributed by atoms with Gasteiger partial charge in [-0.1, -0.05) is 36.4 Å². The minimum atomic E-state index is -0.854. The lowest BCUT2D eigenvalue weighted by atomic mass is 9.89. The molecule has 0 saturated carbocycles. The first-order chi connectivity index (χ1) is 11.2. The molecule has 116 valence electrons. The first-order valence-corrected chi connectivity index (χ1v) is 8.10. The molecule has 2 unspecified atom stereocenters. The Hall–Kier alpha value is -2.21. The average Bonchev–Trinajstić information content (AvgIpc) is 3.06. The van der Waals surface area contributed by atoms with Crippen LogP contribution in [-0.2, 0) is 0 Å². The Kier molecular flexibility index (Phi) is 3.41. The Labute approximate surface area is 137 Å². The molecule has 2 N–H and O–H groups in total. The fraction of sp³-hybridized carbons (Fsp3) is 0.167. The lowest BCUT2D eigenvalue weighted by Crippen LogP contribution is -2.16. The number of hydrogen-bond donors (Lipinski definition) is 2. The van der Waals surface area contributed by atoms with Gasteiger partial charge in [0.25, 0.3) is 0 Å². The Morgan fingerprint density at radius 1 is 1.00 bits per heavy atom. The fourth-order valence-electron chi connectivity index (χ4n) is 2.89. The molecule has 3 aromatic rings. The molecule has 0 saturated heterocycles. The third kappa shape index (κ3) is 2.25. The average molecular weight is 325 g/mol. The summed E-state index contributed by atoms with van der Waals surface area (Å²) in [5.41, 5.74) is 2.86. The molecule has 4 nitrogen and oxygen atoms in total. The van der Waals surface area contributed by atoms with E-state index in [1.807, 2.05) is 30.3 Å². The molecule has 0 aliphatic heterocycles. The first kappa shape index (κ1) is 14.4. The Bertz CT molecular complexity index is 860. The molecular weight excluding hydrogens is 310 g/mol.